The van der Waals surface area contributed by atoms with Crippen LogP contribution in [0.1, 0.15) is 22.6 Å². The van der Waals surface area contributed by atoms with E-state index in [1.54, 1.807) is 30.5 Å². The first-order valence-electron chi connectivity index (χ1n) is 7.72. The second-order valence-electron chi connectivity index (χ2n) is 5.90. The van der Waals surface area contributed by atoms with Gasteiger partial charge in [-0.1, -0.05) is 12.1 Å². The number of aromatic nitrogens is 4. The molecule has 2 aromatic heterocycles. The molecule has 0 saturated carbocycles. The molecule has 3 rings (SSSR count). The summed E-state index contributed by atoms with van der Waals surface area (Å²) in [5.41, 5.74) is 2.86. The summed E-state index contributed by atoms with van der Waals surface area (Å²) in [7, 11) is -3.23. The van der Waals surface area contributed by atoms with Gasteiger partial charge in [0.25, 0.3) is 0 Å². The third-order valence-electron chi connectivity index (χ3n) is 3.89. The monoisotopic (exact) mass is 357 g/mol. The smallest absolute Gasteiger partial charge is 0.175 e. The average molecular weight is 357 g/mol. The minimum absolute atomic E-state index is 0.293. The zero-order valence-corrected chi connectivity index (χ0v) is 15.1. The Morgan fingerprint density at radius 3 is 2.68 bits per heavy atom. The van der Waals surface area contributed by atoms with Gasteiger partial charge in [0.2, 0.25) is 0 Å². The second kappa shape index (κ2) is 6.64. The van der Waals surface area contributed by atoms with Crippen LogP contribution in [0.4, 0.5) is 11.6 Å². The van der Waals surface area contributed by atoms with E-state index in [1.807, 2.05) is 19.9 Å². The Balaban J connectivity index is 1.82. The maximum atomic E-state index is 11.7. The van der Waals surface area contributed by atoms with E-state index in [4.69, 9.17) is 0 Å². The van der Waals surface area contributed by atoms with E-state index in [0.29, 0.717) is 23.0 Å². The number of rotatable bonds is 5. The van der Waals surface area contributed by atoms with Crippen LogP contribution < -0.4 is 5.32 Å². The lowest BCUT2D eigenvalue weighted by atomic mass is 10.1. The van der Waals surface area contributed by atoms with Gasteiger partial charge in [0.15, 0.2) is 15.7 Å². The van der Waals surface area contributed by atoms with E-state index in [0.717, 1.165) is 22.6 Å². The summed E-state index contributed by atoms with van der Waals surface area (Å²) in [6.45, 7) is 3.92. The summed E-state index contributed by atoms with van der Waals surface area (Å²) < 4.78 is 23.4. The van der Waals surface area contributed by atoms with Crippen molar-refractivity contribution in [2.24, 2.45) is 0 Å². The Morgan fingerprint density at radius 2 is 2.00 bits per heavy atom. The molecular weight excluding hydrogens is 338 g/mol. The van der Waals surface area contributed by atoms with Crippen LogP contribution >= 0.6 is 0 Å². The van der Waals surface area contributed by atoms with E-state index in [9.17, 15) is 8.42 Å². The number of aromatic amines is 1. The molecule has 0 fully saturated rings. The van der Waals surface area contributed by atoms with Gasteiger partial charge in [-0.25, -0.2) is 18.4 Å². The molecule has 0 aliphatic rings. The van der Waals surface area contributed by atoms with Crippen LogP contribution in [0.5, 0.6) is 0 Å². The van der Waals surface area contributed by atoms with E-state index in [-0.39, 0.29) is 0 Å². The highest BCUT2D eigenvalue weighted by Crippen LogP contribution is 2.19. The van der Waals surface area contributed by atoms with Crippen molar-refractivity contribution in [3.05, 3.63) is 59.2 Å². The molecule has 0 saturated heterocycles. The molecule has 2 heterocycles. The Hall–Kier alpha value is -2.74. The van der Waals surface area contributed by atoms with Crippen LogP contribution in [-0.2, 0) is 16.3 Å². The molecule has 0 radical (unpaired) electrons. The van der Waals surface area contributed by atoms with Crippen molar-refractivity contribution in [3.63, 3.8) is 0 Å². The Bertz CT molecular complexity index is 1010. The number of benzene rings is 1. The van der Waals surface area contributed by atoms with Crippen molar-refractivity contribution in [1.82, 2.24) is 20.2 Å². The van der Waals surface area contributed by atoms with E-state index in [1.165, 1.54) is 6.26 Å². The van der Waals surface area contributed by atoms with Gasteiger partial charge in [0, 0.05) is 30.1 Å². The molecule has 7 nitrogen and oxygen atoms in total. The number of nitrogens with one attached hydrogen (secondary N) is 2. The summed E-state index contributed by atoms with van der Waals surface area (Å²) in [5, 5.41) is 10.3. The summed E-state index contributed by atoms with van der Waals surface area (Å²) in [6.07, 6.45) is 3.30. The van der Waals surface area contributed by atoms with Crippen molar-refractivity contribution >= 4 is 21.5 Å². The molecule has 8 heteroatoms. The molecule has 1 aromatic carbocycles. The molecule has 25 heavy (non-hydrogen) atoms. The molecule has 0 aliphatic heterocycles. The molecule has 130 valence electrons. The van der Waals surface area contributed by atoms with Gasteiger partial charge in [0.1, 0.15) is 11.6 Å². The van der Waals surface area contributed by atoms with Crippen LogP contribution in [0.2, 0.25) is 0 Å². The standard InChI is InChI=1S/C17H19N5O2S/c1-11-12(2)21-22-17(11)20-15-7-8-18-16(19-15)10-13-5-4-6-14(9-13)25(3,23)24/h4-9H,10H2,1-3H3,(H2,18,19,20,21,22). The van der Waals surface area contributed by atoms with Crippen molar-refractivity contribution in [3.8, 4) is 0 Å². The van der Waals surface area contributed by atoms with Crippen LogP contribution in [0.3, 0.4) is 0 Å². The number of anilines is 2. The molecule has 0 bridgehead atoms. The predicted octanol–water partition coefficient (Wildman–Crippen LogP) is 2.55. The van der Waals surface area contributed by atoms with Crippen molar-refractivity contribution < 1.29 is 8.42 Å². The minimum atomic E-state index is -3.23. The van der Waals surface area contributed by atoms with Crippen LogP contribution in [0.25, 0.3) is 0 Å². The van der Waals surface area contributed by atoms with E-state index in [2.05, 4.69) is 25.5 Å². The molecule has 0 aliphatic carbocycles. The van der Waals surface area contributed by atoms with Gasteiger partial charge < -0.3 is 5.32 Å². The summed E-state index contributed by atoms with van der Waals surface area (Å²) in [6, 6.07) is 8.59. The maximum absolute atomic E-state index is 11.7. The lowest BCUT2D eigenvalue weighted by Gasteiger charge is -2.07. The fraction of sp³-hybridized carbons (Fsp3) is 0.235. The fourth-order valence-corrected chi connectivity index (χ4v) is 3.04. The van der Waals surface area contributed by atoms with E-state index < -0.39 is 9.84 Å². The normalized spacial score (nSPS) is 11.5. The highest BCUT2D eigenvalue weighted by Gasteiger charge is 2.10. The highest BCUT2D eigenvalue weighted by molar-refractivity contribution is 7.90. The van der Waals surface area contributed by atoms with Gasteiger partial charge in [0.05, 0.1) is 4.90 Å². The lowest BCUT2D eigenvalue weighted by Crippen LogP contribution is -2.03. The third-order valence-corrected chi connectivity index (χ3v) is 5.00. The van der Waals surface area contributed by atoms with Crippen molar-refractivity contribution in [2.45, 2.75) is 25.2 Å². The molecule has 0 spiro atoms. The number of sulfone groups is 1. The topological polar surface area (TPSA) is 101 Å². The van der Waals surface area contributed by atoms with Gasteiger partial charge in [-0.15, -0.1) is 0 Å². The Morgan fingerprint density at radius 1 is 1.20 bits per heavy atom. The molecular formula is C17H19N5O2S. The molecule has 0 amide bonds. The van der Waals surface area contributed by atoms with Gasteiger partial charge in [-0.3, -0.25) is 5.10 Å². The molecule has 0 unspecified atom stereocenters. The third kappa shape index (κ3) is 4.03. The zero-order valence-electron chi connectivity index (χ0n) is 14.2. The number of hydrogen-bond donors (Lipinski definition) is 2. The molecule has 0 atom stereocenters. The van der Waals surface area contributed by atoms with Crippen LogP contribution in [0.15, 0.2) is 41.4 Å². The summed E-state index contributed by atoms with van der Waals surface area (Å²) in [4.78, 5) is 9.04. The molecule has 2 N–H and O–H groups in total. The first-order valence-corrected chi connectivity index (χ1v) is 9.61. The first-order chi connectivity index (χ1) is 11.8. The molecule has 3 aromatic rings. The summed E-state index contributed by atoms with van der Waals surface area (Å²) in [5.74, 6) is 1.96. The largest absolute Gasteiger partial charge is 0.323 e. The first kappa shape index (κ1) is 17.1. The van der Waals surface area contributed by atoms with Gasteiger partial charge in [-0.05, 0) is 37.6 Å². The number of hydrogen-bond acceptors (Lipinski definition) is 6. The van der Waals surface area contributed by atoms with Crippen molar-refractivity contribution in [1.29, 1.82) is 0 Å². The Labute approximate surface area is 146 Å². The Kier molecular flexibility index (Phi) is 4.54. The van der Waals surface area contributed by atoms with Crippen molar-refractivity contribution in [2.75, 3.05) is 11.6 Å². The van der Waals surface area contributed by atoms with Gasteiger partial charge in [-0.2, -0.15) is 5.10 Å². The fourth-order valence-electron chi connectivity index (χ4n) is 2.35. The number of H-pyrrole nitrogens is 1. The number of aryl methyl sites for hydroxylation is 1. The SMILES string of the molecule is Cc1[nH]nc(Nc2ccnc(Cc3cccc(S(C)(=O)=O)c3)n2)c1C. The predicted molar refractivity (Wildman–Crippen MR) is 95.7 cm³/mol. The second-order valence-corrected chi connectivity index (χ2v) is 7.92. The quantitative estimate of drug-likeness (QED) is 0.728. The highest BCUT2D eigenvalue weighted by atomic mass is 32.2. The zero-order chi connectivity index (χ0) is 18.0. The average Bonchev–Trinajstić information content (AvgIpc) is 2.87. The minimum Gasteiger partial charge on any atom is -0.323 e. The van der Waals surface area contributed by atoms with Gasteiger partial charge >= 0.3 is 0 Å². The van der Waals surface area contributed by atoms with Crippen LogP contribution in [-0.4, -0.2) is 34.8 Å². The number of nitrogens with zero attached hydrogens (tertiary/aromatic N) is 3. The summed E-state index contributed by atoms with van der Waals surface area (Å²) >= 11 is 0. The lowest BCUT2D eigenvalue weighted by molar-refractivity contribution is 0.601. The maximum Gasteiger partial charge on any atom is 0.175 e. The van der Waals surface area contributed by atoms with Crippen LogP contribution in [0, 0.1) is 13.8 Å². The van der Waals surface area contributed by atoms with E-state index >= 15 is 0 Å².